The van der Waals surface area contributed by atoms with E-state index in [9.17, 15) is 18.0 Å². The average molecular weight is 313 g/mol. The molecule has 0 aliphatic carbocycles. The number of rotatable bonds is 2. The molecule has 0 fully saturated rings. The van der Waals surface area contributed by atoms with Gasteiger partial charge in [0.1, 0.15) is 0 Å². The van der Waals surface area contributed by atoms with Crippen molar-refractivity contribution >= 4 is 11.9 Å². The summed E-state index contributed by atoms with van der Waals surface area (Å²) in [6.45, 7) is 5.15. The van der Waals surface area contributed by atoms with Gasteiger partial charge in [-0.15, -0.1) is 5.10 Å². The maximum absolute atomic E-state index is 12.5. The first kappa shape index (κ1) is 16.0. The molecule has 0 saturated heterocycles. The molecule has 0 aliphatic rings. The summed E-state index contributed by atoms with van der Waals surface area (Å²) in [7, 11) is 0. The van der Waals surface area contributed by atoms with Crippen LogP contribution in [0.5, 0.6) is 0 Å². The first-order chi connectivity index (χ1) is 10.1. The van der Waals surface area contributed by atoms with Gasteiger partial charge >= 0.3 is 12.2 Å². The topological polar surface area (TPSA) is 68.0 Å². The summed E-state index contributed by atoms with van der Waals surface area (Å²) in [4.78, 5) is 11.8. The molecule has 0 unspecified atom stereocenters. The largest absolute Gasteiger partial charge is 0.416 e. The molecule has 0 radical (unpaired) electrons. The normalized spacial score (nSPS) is 12.3. The Balaban J connectivity index is 2.16. The third-order valence-corrected chi connectivity index (χ3v) is 2.79. The lowest BCUT2D eigenvalue weighted by Gasteiger charge is -2.15. The molecule has 5 nitrogen and oxygen atoms in total. The van der Waals surface area contributed by atoms with E-state index in [4.69, 9.17) is 4.42 Å². The molecule has 1 amide bonds. The maximum atomic E-state index is 12.5. The van der Waals surface area contributed by atoms with Crippen molar-refractivity contribution in [2.24, 2.45) is 5.41 Å². The van der Waals surface area contributed by atoms with E-state index in [0.717, 1.165) is 12.1 Å². The smallest absolute Gasteiger partial charge is 0.403 e. The van der Waals surface area contributed by atoms with E-state index >= 15 is 0 Å². The van der Waals surface area contributed by atoms with Crippen molar-refractivity contribution in [3.05, 3.63) is 29.8 Å². The highest BCUT2D eigenvalue weighted by Crippen LogP contribution is 2.31. The number of aromatic nitrogens is 2. The second-order valence-corrected chi connectivity index (χ2v) is 5.69. The Hall–Kier alpha value is -2.38. The number of hydrogen-bond donors (Lipinski definition) is 1. The fourth-order valence-electron chi connectivity index (χ4n) is 1.48. The molecular formula is C14H14F3N3O2. The maximum Gasteiger partial charge on any atom is 0.416 e. The van der Waals surface area contributed by atoms with E-state index in [2.05, 4.69) is 15.5 Å². The minimum absolute atomic E-state index is 0.0259. The van der Waals surface area contributed by atoms with Gasteiger partial charge in [0, 0.05) is 11.0 Å². The van der Waals surface area contributed by atoms with Crippen LogP contribution in [0.1, 0.15) is 26.3 Å². The Morgan fingerprint density at radius 3 is 2.18 bits per heavy atom. The summed E-state index contributed by atoms with van der Waals surface area (Å²) in [6, 6.07) is 4.20. The molecule has 1 aromatic heterocycles. The predicted octanol–water partition coefficient (Wildman–Crippen LogP) is 3.74. The molecule has 0 spiro atoms. The number of nitrogens with one attached hydrogen (secondary N) is 1. The summed E-state index contributed by atoms with van der Waals surface area (Å²) < 4.78 is 42.7. The number of carbonyl (C=O) groups is 1. The molecule has 1 aromatic carbocycles. The molecule has 22 heavy (non-hydrogen) atoms. The van der Waals surface area contributed by atoms with Crippen molar-refractivity contribution in [1.82, 2.24) is 10.2 Å². The van der Waals surface area contributed by atoms with E-state index in [1.54, 1.807) is 20.8 Å². The Morgan fingerprint density at radius 1 is 1.09 bits per heavy atom. The molecule has 0 saturated carbocycles. The van der Waals surface area contributed by atoms with Crippen LogP contribution in [0.25, 0.3) is 11.5 Å². The van der Waals surface area contributed by atoms with E-state index in [1.165, 1.54) is 12.1 Å². The van der Waals surface area contributed by atoms with Gasteiger partial charge in [-0.05, 0) is 24.3 Å². The number of halogens is 3. The van der Waals surface area contributed by atoms with Gasteiger partial charge in [0.25, 0.3) is 0 Å². The number of amides is 1. The molecule has 1 N–H and O–H groups in total. The van der Waals surface area contributed by atoms with Gasteiger partial charge in [-0.1, -0.05) is 25.9 Å². The van der Waals surface area contributed by atoms with Crippen molar-refractivity contribution in [3.8, 4) is 11.5 Å². The van der Waals surface area contributed by atoms with E-state index in [0.29, 0.717) is 5.56 Å². The lowest BCUT2D eigenvalue weighted by Crippen LogP contribution is -2.27. The Morgan fingerprint density at radius 2 is 1.68 bits per heavy atom. The van der Waals surface area contributed by atoms with E-state index < -0.39 is 17.2 Å². The second kappa shape index (κ2) is 5.43. The van der Waals surface area contributed by atoms with Gasteiger partial charge in [-0.2, -0.15) is 13.2 Å². The standard InChI is InChI=1S/C14H14F3N3O2/c1-13(2,3)11(21)18-12-20-19-10(22-12)8-4-6-9(7-5-8)14(15,16)17/h4-7H,1-3H3,(H,18,20,21). The van der Waals surface area contributed by atoms with Crippen molar-refractivity contribution in [2.75, 3.05) is 5.32 Å². The van der Waals surface area contributed by atoms with Crippen molar-refractivity contribution in [2.45, 2.75) is 26.9 Å². The highest BCUT2D eigenvalue weighted by molar-refractivity contribution is 5.92. The highest BCUT2D eigenvalue weighted by Gasteiger charge is 2.30. The molecular weight excluding hydrogens is 299 g/mol. The summed E-state index contributed by atoms with van der Waals surface area (Å²) >= 11 is 0. The zero-order valence-corrected chi connectivity index (χ0v) is 12.2. The summed E-state index contributed by atoms with van der Waals surface area (Å²) in [6.07, 6.45) is -4.40. The minimum atomic E-state index is -4.40. The van der Waals surface area contributed by atoms with Crippen molar-refractivity contribution in [3.63, 3.8) is 0 Å². The first-order valence-corrected chi connectivity index (χ1v) is 6.40. The van der Waals surface area contributed by atoms with Crippen LogP contribution in [0, 0.1) is 5.41 Å². The van der Waals surface area contributed by atoms with Crippen molar-refractivity contribution in [1.29, 1.82) is 0 Å². The summed E-state index contributed by atoms with van der Waals surface area (Å²) in [5.41, 5.74) is -1.07. The van der Waals surface area contributed by atoms with E-state index in [-0.39, 0.29) is 17.8 Å². The number of nitrogens with zero attached hydrogens (tertiary/aromatic N) is 2. The summed E-state index contributed by atoms with van der Waals surface area (Å²) in [5.74, 6) is -0.284. The molecule has 8 heteroatoms. The van der Waals surface area contributed by atoms with Crippen LogP contribution in [0.15, 0.2) is 28.7 Å². The van der Waals surface area contributed by atoms with Gasteiger partial charge in [-0.3, -0.25) is 10.1 Å². The highest BCUT2D eigenvalue weighted by atomic mass is 19.4. The lowest BCUT2D eigenvalue weighted by atomic mass is 9.96. The van der Waals surface area contributed by atoms with Crippen LogP contribution in [-0.2, 0) is 11.0 Å². The Kier molecular flexibility index (Phi) is 3.95. The summed E-state index contributed by atoms with van der Waals surface area (Å²) in [5, 5.41) is 9.80. The third-order valence-electron chi connectivity index (χ3n) is 2.79. The quantitative estimate of drug-likeness (QED) is 0.917. The van der Waals surface area contributed by atoms with Crippen LogP contribution in [0.2, 0.25) is 0 Å². The Labute approximate surface area is 124 Å². The number of benzene rings is 1. The minimum Gasteiger partial charge on any atom is -0.403 e. The lowest BCUT2D eigenvalue weighted by molar-refractivity contribution is -0.137. The van der Waals surface area contributed by atoms with Gasteiger partial charge < -0.3 is 4.42 Å². The number of carbonyl (C=O) groups excluding carboxylic acids is 1. The molecule has 118 valence electrons. The molecule has 0 bridgehead atoms. The molecule has 1 heterocycles. The zero-order chi connectivity index (χ0) is 16.5. The van der Waals surface area contributed by atoms with Gasteiger partial charge in [-0.25, -0.2) is 0 Å². The number of alkyl halides is 3. The second-order valence-electron chi connectivity index (χ2n) is 5.69. The molecule has 2 aromatic rings. The number of anilines is 1. The van der Waals surface area contributed by atoms with Crippen LogP contribution in [0.4, 0.5) is 19.2 Å². The fourth-order valence-corrected chi connectivity index (χ4v) is 1.48. The van der Waals surface area contributed by atoms with Crippen LogP contribution in [-0.4, -0.2) is 16.1 Å². The fraction of sp³-hybridized carbons (Fsp3) is 0.357. The third kappa shape index (κ3) is 3.63. The number of hydrogen-bond acceptors (Lipinski definition) is 4. The van der Waals surface area contributed by atoms with Gasteiger partial charge in [0.15, 0.2) is 0 Å². The van der Waals surface area contributed by atoms with Crippen LogP contribution >= 0.6 is 0 Å². The Bertz CT molecular complexity index is 670. The monoisotopic (exact) mass is 313 g/mol. The predicted molar refractivity (Wildman–Crippen MR) is 72.8 cm³/mol. The van der Waals surface area contributed by atoms with Gasteiger partial charge in [0.05, 0.1) is 5.56 Å². The zero-order valence-electron chi connectivity index (χ0n) is 12.2. The first-order valence-electron chi connectivity index (χ1n) is 6.40. The van der Waals surface area contributed by atoms with Crippen molar-refractivity contribution < 1.29 is 22.4 Å². The molecule has 0 aliphatic heterocycles. The SMILES string of the molecule is CC(C)(C)C(=O)Nc1nnc(-c2ccc(C(F)(F)F)cc2)o1. The van der Waals surface area contributed by atoms with Crippen LogP contribution in [0.3, 0.4) is 0 Å². The average Bonchev–Trinajstić information content (AvgIpc) is 2.85. The molecule has 0 atom stereocenters. The van der Waals surface area contributed by atoms with Gasteiger partial charge in [0.2, 0.25) is 11.8 Å². The van der Waals surface area contributed by atoms with Crippen LogP contribution < -0.4 is 5.32 Å². The van der Waals surface area contributed by atoms with E-state index in [1.807, 2.05) is 0 Å². The molecule has 2 rings (SSSR count).